The highest BCUT2D eigenvalue weighted by Crippen LogP contribution is 2.49. The Hall–Kier alpha value is -5.17. The Morgan fingerprint density at radius 2 is 1.61 bits per heavy atom. The summed E-state index contributed by atoms with van der Waals surface area (Å²) in [5.41, 5.74) is 9.10. The number of hydrogen-bond acceptors (Lipinski definition) is 5. The van der Waals surface area contributed by atoms with Crippen LogP contribution >= 0.6 is 0 Å². The lowest BCUT2D eigenvalue weighted by atomic mass is 9.92. The van der Waals surface area contributed by atoms with Crippen molar-refractivity contribution >= 4 is 34.6 Å². The molecule has 0 bridgehead atoms. The Balaban J connectivity index is 1.55. The largest absolute Gasteiger partial charge is 0.496 e. The number of hydrogen-bond donors (Lipinski definition) is 1. The smallest absolute Gasteiger partial charge is 0.179 e. The van der Waals surface area contributed by atoms with E-state index in [-0.39, 0.29) is 6.04 Å². The van der Waals surface area contributed by atoms with Crippen LogP contribution in [-0.2, 0) is 0 Å². The summed E-state index contributed by atoms with van der Waals surface area (Å²) in [5.74, 6) is 3.00. The van der Waals surface area contributed by atoms with E-state index in [2.05, 4.69) is 91.7 Å². The van der Waals surface area contributed by atoms with Crippen molar-refractivity contribution in [1.29, 1.82) is 0 Å². The van der Waals surface area contributed by atoms with Crippen molar-refractivity contribution in [2.24, 2.45) is 9.98 Å². The van der Waals surface area contributed by atoms with Gasteiger partial charge in [0.05, 0.1) is 41.6 Å². The lowest BCUT2D eigenvalue weighted by Gasteiger charge is -2.42. The van der Waals surface area contributed by atoms with Crippen molar-refractivity contribution in [3.8, 4) is 11.4 Å². The number of rotatable bonds is 4. The molecule has 41 heavy (non-hydrogen) atoms. The minimum atomic E-state index is -0.251. The number of aliphatic imine (C=N–C) groups is 2. The zero-order valence-electron chi connectivity index (χ0n) is 23.5. The van der Waals surface area contributed by atoms with Crippen LogP contribution < -0.4 is 15.0 Å². The van der Waals surface area contributed by atoms with E-state index in [1.165, 1.54) is 5.56 Å². The van der Waals surface area contributed by atoms with Crippen molar-refractivity contribution in [3.63, 3.8) is 0 Å². The molecule has 0 aliphatic carbocycles. The first-order valence-electron chi connectivity index (χ1n) is 13.7. The number of ether oxygens (including phenoxy) is 1. The second-order valence-corrected chi connectivity index (χ2v) is 10.4. The van der Waals surface area contributed by atoms with Crippen LogP contribution in [0.5, 0.6) is 5.75 Å². The molecule has 7 rings (SSSR count). The summed E-state index contributed by atoms with van der Waals surface area (Å²) in [5, 5.41) is 8.62. The zero-order chi connectivity index (χ0) is 28.1. The van der Waals surface area contributed by atoms with Crippen molar-refractivity contribution in [2.75, 3.05) is 17.3 Å². The Morgan fingerprint density at radius 1 is 0.854 bits per heavy atom. The molecule has 3 heterocycles. The topological polar surface area (TPSA) is 67.0 Å². The summed E-state index contributed by atoms with van der Waals surface area (Å²) >= 11 is 0. The molecule has 0 amide bonds. The number of para-hydroxylation sites is 4. The van der Waals surface area contributed by atoms with Gasteiger partial charge in [-0.25, -0.2) is 14.7 Å². The minimum absolute atomic E-state index is 0.251. The van der Waals surface area contributed by atoms with Crippen LogP contribution in [0.4, 0.5) is 22.9 Å². The van der Waals surface area contributed by atoms with Gasteiger partial charge < -0.3 is 15.0 Å². The number of anilines is 2. The van der Waals surface area contributed by atoms with E-state index < -0.39 is 0 Å². The van der Waals surface area contributed by atoms with Crippen LogP contribution in [0.2, 0.25) is 0 Å². The molecular formula is C34H30N6O. The Kier molecular flexibility index (Phi) is 5.93. The molecule has 4 aromatic carbocycles. The van der Waals surface area contributed by atoms with Crippen molar-refractivity contribution in [1.82, 2.24) is 9.78 Å². The average molecular weight is 539 g/mol. The molecule has 5 aromatic rings. The highest BCUT2D eigenvalue weighted by atomic mass is 16.5. The number of fused-ring (bicyclic) bond motifs is 4. The normalized spacial score (nSPS) is 16.4. The van der Waals surface area contributed by atoms with Gasteiger partial charge in [-0.3, -0.25) is 0 Å². The van der Waals surface area contributed by atoms with Gasteiger partial charge in [-0.2, -0.15) is 5.10 Å². The lowest BCUT2D eigenvalue weighted by Crippen LogP contribution is -2.48. The molecular weight excluding hydrogens is 508 g/mol. The van der Waals surface area contributed by atoms with E-state index >= 15 is 0 Å². The summed E-state index contributed by atoms with van der Waals surface area (Å²) in [6.45, 7) is 6.24. The molecule has 0 unspecified atom stereocenters. The second kappa shape index (κ2) is 9.78. The van der Waals surface area contributed by atoms with Crippen LogP contribution in [0.3, 0.4) is 0 Å². The molecule has 1 N–H and O–H groups in total. The number of aryl methyl sites for hydroxylation is 3. The number of nitrogens with zero attached hydrogens (tertiary/aromatic N) is 5. The Bertz CT molecular complexity index is 1850. The van der Waals surface area contributed by atoms with Gasteiger partial charge in [0.15, 0.2) is 17.5 Å². The van der Waals surface area contributed by atoms with Gasteiger partial charge in [-0.05, 0) is 62.7 Å². The number of benzene rings is 4. The highest BCUT2D eigenvalue weighted by molar-refractivity contribution is 6.52. The maximum Gasteiger partial charge on any atom is 0.179 e. The molecule has 202 valence electrons. The summed E-state index contributed by atoms with van der Waals surface area (Å²) in [6, 6.07) is 32.7. The van der Waals surface area contributed by atoms with E-state index in [0.29, 0.717) is 5.84 Å². The molecule has 2 aliphatic rings. The molecule has 0 spiro atoms. The number of nitrogens with one attached hydrogen (secondary N) is 1. The SMILES string of the molecule is COc1ccccc1[C@H]1c2c(C)nn(-c3ccccc3)c2N=C2C(=Nc3ccc(C)cc3C)Nc3ccccc3N21. The monoisotopic (exact) mass is 538 g/mol. The molecule has 0 radical (unpaired) electrons. The minimum Gasteiger partial charge on any atom is -0.496 e. The van der Waals surface area contributed by atoms with Crippen molar-refractivity contribution in [3.05, 3.63) is 125 Å². The fourth-order valence-electron chi connectivity index (χ4n) is 5.82. The van der Waals surface area contributed by atoms with Gasteiger partial charge in [0.2, 0.25) is 0 Å². The van der Waals surface area contributed by atoms with Gasteiger partial charge in [0.1, 0.15) is 5.75 Å². The van der Waals surface area contributed by atoms with Gasteiger partial charge in [-0.1, -0.05) is 66.2 Å². The summed E-state index contributed by atoms with van der Waals surface area (Å²) < 4.78 is 7.86. The van der Waals surface area contributed by atoms with Crippen LogP contribution in [0, 0.1) is 20.8 Å². The van der Waals surface area contributed by atoms with Gasteiger partial charge in [0, 0.05) is 11.1 Å². The molecule has 2 aliphatic heterocycles. The zero-order valence-corrected chi connectivity index (χ0v) is 23.5. The van der Waals surface area contributed by atoms with Gasteiger partial charge in [0.25, 0.3) is 0 Å². The summed E-state index contributed by atoms with van der Waals surface area (Å²) in [6.07, 6.45) is 0. The quantitative estimate of drug-likeness (QED) is 0.256. The standard InChI is InChI=1S/C34H30N6O/c1-21-18-19-26(22(2)20-21)35-32-34-37-33-30(23(3)38-40(33)24-12-6-5-7-13-24)31(25-14-8-11-17-29(25)41-4)39(34)28-16-10-9-15-27(28)36-32/h5-20,31H,1-4H3,(H,35,36)/t31-/m0/s1. The Morgan fingerprint density at radius 3 is 2.41 bits per heavy atom. The lowest BCUT2D eigenvalue weighted by molar-refractivity contribution is 0.407. The van der Waals surface area contributed by atoms with Crippen LogP contribution in [0.15, 0.2) is 107 Å². The molecule has 0 fully saturated rings. The highest BCUT2D eigenvalue weighted by Gasteiger charge is 2.42. The summed E-state index contributed by atoms with van der Waals surface area (Å²) in [7, 11) is 1.72. The number of amidine groups is 2. The van der Waals surface area contributed by atoms with E-state index in [4.69, 9.17) is 19.8 Å². The first kappa shape index (κ1) is 24.8. The van der Waals surface area contributed by atoms with Gasteiger partial charge >= 0.3 is 0 Å². The Labute approximate surface area is 239 Å². The number of methoxy groups -OCH3 is 1. The number of aromatic nitrogens is 2. The van der Waals surface area contributed by atoms with E-state index in [9.17, 15) is 0 Å². The maximum atomic E-state index is 5.92. The first-order chi connectivity index (χ1) is 20.0. The predicted molar refractivity (Wildman–Crippen MR) is 166 cm³/mol. The third-order valence-electron chi connectivity index (χ3n) is 7.70. The molecule has 0 saturated carbocycles. The van der Waals surface area contributed by atoms with E-state index in [1.807, 2.05) is 41.1 Å². The third kappa shape index (κ3) is 4.09. The van der Waals surface area contributed by atoms with Crippen molar-refractivity contribution < 1.29 is 4.74 Å². The second-order valence-electron chi connectivity index (χ2n) is 10.4. The molecule has 7 nitrogen and oxygen atoms in total. The fraction of sp³-hybridized carbons (Fsp3) is 0.147. The van der Waals surface area contributed by atoms with E-state index in [1.54, 1.807) is 7.11 Å². The third-order valence-corrected chi connectivity index (χ3v) is 7.70. The molecule has 0 saturated heterocycles. The molecule has 1 aromatic heterocycles. The first-order valence-corrected chi connectivity index (χ1v) is 13.7. The van der Waals surface area contributed by atoms with E-state index in [0.717, 1.165) is 62.5 Å². The van der Waals surface area contributed by atoms with Crippen LogP contribution in [0.1, 0.15) is 34.0 Å². The molecule has 1 atom stereocenters. The predicted octanol–water partition coefficient (Wildman–Crippen LogP) is 7.60. The fourth-order valence-corrected chi connectivity index (χ4v) is 5.82. The maximum absolute atomic E-state index is 5.92. The average Bonchev–Trinajstić information content (AvgIpc) is 3.33. The van der Waals surface area contributed by atoms with Crippen LogP contribution in [0.25, 0.3) is 5.69 Å². The van der Waals surface area contributed by atoms with Crippen molar-refractivity contribution in [2.45, 2.75) is 26.8 Å². The van der Waals surface area contributed by atoms with Crippen LogP contribution in [-0.4, -0.2) is 28.6 Å². The summed E-state index contributed by atoms with van der Waals surface area (Å²) in [4.78, 5) is 12.8. The van der Waals surface area contributed by atoms with Gasteiger partial charge in [-0.15, -0.1) is 0 Å². The molecule has 7 heteroatoms.